The highest BCUT2D eigenvalue weighted by atomic mass is 16.5. The number of ether oxygens (including phenoxy) is 1. The van der Waals surface area contributed by atoms with Crippen LogP contribution in [0.4, 0.5) is 0 Å². The molecular formula is C28H42O3. The molecule has 5 fully saturated rings. The number of hydrogen-bond donors (Lipinski definition) is 0. The number of ketones is 1. The summed E-state index contributed by atoms with van der Waals surface area (Å²) >= 11 is 0. The maximum atomic E-state index is 13.2. The van der Waals surface area contributed by atoms with Crippen LogP contribution in [0.15, 0.2) is 12.2 Å². The largest absolute Gasteiger partial charge is 0.462 e. The summed E-state index contributed by atoms with van der Waals surface area (Å²) in [5.41, 5.74) is -0.175. The number of carbonyl (C=O) groups is 2. The SMILES string of the molecule is CC(C)[C@H]1CC[C@@H](C)C[C@@H]1OC(=O)CC[C@@]1(C)C(=O)C=CC23CC4CC(CC(C4)[C@@H]21)C3. The van der Waals surface area contributed by atoms with Crippen molar-refractivity contribution >= 4 is 11.8 Å². The number of carbonyl (C=O) groups excluding carboxylic acids is 2. The average Bonchev–Trinajstić information content (AvgIpc) is 2.69. The van der Waals surface area contributed by atoms with Gasteiger partial charge in [0, 0.05) is 11.8 Å². The smallest absolute Gasteiger partial charge is 0.306 e. The quantitative estimate of drug-likeness (QED) is 0.481. The molecule has 6 rings (SSSR count). The molecule has 4 bridgehead atoms. The highest BCUT2D eigenvalue weighted by molar-refractivity contribution is 5.96. The molecular weight excluding hydrogens is 384 g/mol. The van der Waals surface area contributed by atoms with Gasteiger partial charge in [-0.25, -0.2) is 0 Å². The lowest BCUT2D eigenvalue weighted by atomic mass is 9.38. The first kappa shape index (κ1) is 21.7. The van der Waals surface area contributed by atoms with Crippen molar-refractivity contribution < 1.29 is 14.3 Å². The molecule has 0 N–H and O–H groups in total. The standard InChI is InChI=1S/C28H42O3/c1-17(2)22-6-5-18(3)11-23(22)31-25(30)8-9-27(4)24(29)7-10-28-15-19-12-20(16-28)14-21(13-19)26(27)28/h7,10,17-23,26H,5-6,8-9,11-16H2,1-4H3/t18-,19?,20?,21?,22-,23+,26-,27+,28?/m1/s1. The molecule has 172 valence electrons. The second-order valence-electron chi connectivity index (χ2n) is 12.8. The lowest BCUT2D eigenvalue weighted by Crippen LogP contribution is -2.60. The van der Waals surface area contributed by atoms with Gasteiger partial charge in [0.1, 0.15) is 6.10 Å². The fourth-order valence-electron chi connectivity index (χ4n) is 9.20. The van der Waals surface area contributed by atoms with Gasteiger partial charge in [-0.05, 0) is 104 Å². The van der Waals surface area contributed by atoms with Gasteiger partial charge in [-0.15, -0.1) is 0 Å². The average molecular weight is 427 g/mol. The summed E-state index contributed by atoms with van der Waals surface area (Å²) < 4.78 is 6.09. The van der Waals surface area contributed by atoms with Gasteiger partial charge < -0.3 is 4.74 Å². The van der Waals surface area contributed by atoms with E-state index >= 15 is 0 Å². The fourth-order valence-corrected chi connectivity index (χ4v) is 9.20. The normalized spacial score (nSPS) is 48.2. The predicted octanol–water partition coefficient (Wildman–Crippen LogP) is 6.36. The minimum absolute atomic E-state index is 0.0542. The number of allylic oxidation sites excluding steroid dienone is 2. The lowest BCUT2D eigenvalue weighted by molar-refractivity contribution is -0.165. The second kappa shape index (κ2) is 7.73. The Labute approximate surface area is 188 Å². The van der Waals surface area contributed by atoms with E-state index in [9.17, 15) is 9.59 Å². The highest BCUT2D eigenvalue weighted by Crippen LogP contribution is 2.69. The van der Waals surface area contributed by atoms with E-state index in [0.29, 0.717) is 42.4 Å². The second-order valence-corrected chi connectivity index (χ2v) is 12.8. The molecule has 31 heavy (non-hydrogen) atoms. The molecule has 3 nitrogen and oxygen atoms in total. The summed E-state index contributed by atoms with van der Waals surface area (Å²) in [7, 11) is 0. The zero-order valence-electron chi connectivity index (χ0n) is 20.1. The van der Waals surface area contributed by atoms with E-state index in [2.05, 4.69) is 33.8 Å². The van der Waals surface area contributed by atoms with Crippen molar-refractivity contribution in [2.45, 2.75) is 98.0 Å². The Morgan fingerprint density at radius 1 is 1.13 bits per heavy atom. The molecule has 0 aliphatic heterocycles. The van der Waals surface area contributed by atoms with E-state index in [1.807, 2.05) is 6.08 Å². The Balaban J connectivity index is 1.29. The molecule has 0 amide bonds. The van der Waals surface area contributed by atoms with Crippen molar-refractivity contribution in [3.63, 3.8) is 0 Å². The molecule has 2 unspecified atom stereocenters. The molecule has 3 heteroatoms. The Hall–Kier alpha value is -1.12. The van der Waals surface area contributed by atoms with Crippen LogP contribution in [-0.4, -0.2) is 17.9 Å². The number of rotatable bonds is 5. The Morgan fingerprint density at radius 3 is 2.52 bits per heavy atom. The first-order chi connectivity index (χ1) is 14.7. The van der Waals surface area contributed by atoms with Crippen LogP contribution in [0, 0.1) is 52.3 Å². The van der Waals surface area contributed by atoms with Gasteiger partial charge in [-0.3, -0.25) is 9.59 Å². The third kappa shape index (κ3) is 3.62. The van der Waals surface area contributed by atoms with Crippen LogP contribution in [0.25, 0.3) is 0 Å². The van der Waals surface area contributed by atoms with Gasteiger partial charge in [0.2, 0.25) is 0 Å². The highest BCUT2D eigenvalue weighted by Gasteiger charge is 2.63. The fraction of sp³-hybridized carbons (Fsp3) is 0.857. The van der Waals surface area contributed by atoms with E-state index < -0.39 is 5.41 Å². The van der Waals surface area contributed by atoms with Crippen molar-refractivity contribution in [2.75, 3.05) is 0 Å². The van der Waals surface area contributed by atoms with Crippen molar-refractivity contribution in [1.82, 2.24) is 0 Å². The monoisotopic (exact) mass is 426 g/mol. The van der Waals surface area contributed by atoms with Crippen molar-refractivity contribution in [3.05, 3.63) is 12.2 Å². The zero-order valence-corrected chi connectivity index (χ0v) is 20.1. The molecule has 6 aliphatic rings. The minimum atomic E-state index is -0.400. The van der Waals surface area contributed by atoms with E-state index in [4.69, 9.17) is 4.74 Å². The molecule has 0 heterocycles. The van der Waals surface area contributed by atoms with Gasteiger partial charge in [0.25, 0.3) is 0 Å². The molecule has 7 atom stereocenters. The third-order valence-corrected chi connectivity index (χ3v) is 10.3. The van der Waals surface area contributed by atoms with E-state index in [1.54, 1.807) is 0 Å². The Kier molecular flexibility index (Phi) is 5.42. The zero-order chi connectivity index (χ0) is 22.0. The van der Waals surface area contributed by atoms with Crippen LogP contribution in [0.3, 0.4) is 0 Å². The van der Waals surface area contributed by atoms with Crippen molar-refractivity contribution in [3.8, 4) is 0 Å². The summed E-state index contributed by atoms with van der Waals surface area (Å²) in [6, 6.07) is 0. The van der Waals surface area contributed by atoms with Gasteiger partial charge in [0.05, 0.1) is 0 Å². The van der Waals surface area contributed by atoms with Crippen molar-refractivity contribution in [1.29, 1.82) is 0 Å². The van der Waals surface area contributed by atoms with Crippen LogP contribution in [0.5, 0.6) is 0 Å². The Bertz CT molecular complexity index is 752. The van der Waals surface area contributed by atoms with Crippen LogP contribution < -0.4 is 0 Å². The van der Waals surface area contributed by atoms with Crippen LogP contribution in [0.2, 0.25) is 0 Å². The summed E-state index contributed by atoms with van der Waals surface area (Å²) in [5.74, 6) is 4.65. The summed E-state index contributed by atoms with van der Waals surface area (Å²) in [5, 5.41) is 0. The molecule has 0 radical (unpaired) electrons. The summed E-state index contributed by atoms with van der Waals surface area (Å²) in [6.07, 6.45) is 15.2. The number of hydrogen-bond acceptors (Lipinski definition) is 3. The summed E-state index contributed by atoms with van der Waals surface area (Å²) in [6.45, 7) is 8.96. The van der Waals surface area contributed by atoms with E-state index in [0.717, 1.165) is 24.7 Å². The van der Waals surface area contributed by atoms with Gasteiger partial charge >= 0.3 is 5.97 Å². The first-order valence-corrected chi connectivity index (χ1v) is 13.1. The first-order valence-electron chi connectivity index (χ1n) is 13.1. The maximum absolute atomic E-state index is 13.2. The molecule has 5 saturated carbocycles. The predicted molar refractivity (Wildman–Crippen MR) is 122 cm³/mol. The maximum Gasteiger partial charge on any atom is 0.306 e. The topological polar surface area (TPSA) is 43.4 Å². The van der Waals surface area contributed by atoms with Crippen LogP contribution in [-0.2, 0) is 14.3 Å². The van der Waals surface area contributed by atoms with Crippen molar-refractivity contribution in [2.24, 2.45) is 52.3 Å². The molecule has 1 spiro atoms. The van der Waals surface area contributed by atoms with Gasteiger partial charge in [-0.1, -0.05) is 40.2 Å². The van der Waals surface area contributed by atoms with E-state index in [-0.39, 0.29) is 23.3 Å². The lowest BCUT2D eigenvalue weighted by Gasteiger charge is -2.65. The Morgan fingerprint density at radius 2 is 1.84 bits per heavy atom. The molecule has 0 aromatic rings. The van der Waals surface area contributed by atoms with Crippen LogP contribution in [0.1, 0.15) is 91.9 Å². The number of esters is 1. The van der Waals surface area contributed by atoms with Gasteiger partial charge in [0.15, 0.2) is 5.78 Å². The molecule has 0 aromatic heterocycles. The minimum Gasteiger partial charge on any atom is -0.462 e. The summed E-state index contributed by atoms with van der Waals surface area (Å²) in [4.78, 5) is 26.2. The molecule has 6 aliphatic carbocycles. The molecule has 0 saturated heterocycles. The molecule has 0 aromatic carbocycles. The third-order valence-electron chi connectivity index (χ3n) is 10.3. The van der Waals surface area contributed by atoms with E-state index in [1.165, 1.54) is 38.5 Å². The van der Waals surface area contributed by atoms with Crippen LogP contribution >= 0.6 is 0 Å². The van der Waals surface area contributed by atoms with Gasteiger partial charge in [-0.2, -0.15) is 0 Å².